The fraction of sp³-hybridized carbons (Fsp3) is 0.462. The average molecular weight is 472 g/mol. The van der Waals surface area contributed by atoms with Crippen molar-refractivity contribution in [3.63, 3.8) is 0 Å². The van der Waals surface area contributed by atoms with Gasteiger partial charge in [-0.25, -0.2) is 9.59 Å². The molecule has 1 aliphatic rings. The molecule has 8 nitrogen and oxygen atoms in total. The smallest absolute Gasteiger partial charge is 0.415 e. The molecule has 184 valence electrons. The molecule has 0 bridgehead atoms. The summed E-state index contributed by atoms with van der Waals surface area (Å²) in [6.07, 6.45) is -0.817. The molecule has 1 N–H and O–H groups in total. The summed E-state index contributed by atoms with van der Waals surface area (Å²) in [6.45, 7) is 10.5. The van der Waals surface area contributed by atoms with Crippen LogP contribution in [0, 0.1) is 12.8 Å². The number of nitrogens with zero attached hydrogens (tertiary/aromatic N) is 1. The van der Waals surface area contributed by atoms with Gasteiger partial charge in [0, 0.05) is 24.2 Å². The van der Waals surface area contributed by atoms with Gasteiger partial charge < -0.3 is 29.0 Å². The van der Waals surface area contributed by atoms with Crippen molar-refractivity contribution in [3.05, 3.63) is 46.5 Å². The number of benzene rings is 2. The quantitative estimate of drug-likeness (QED) is 0.541. The lowest BCUT2D eigenvalue weighted by Gasteiger charge is -2.25. The van der Waals surface area contributed by atoms with E-state index in [2.05, 4.69) is 0 Å². The second-order valence-corrected chi connectivity index (χ2v) is 8.68. The number of methoxy groups -OCH3 is 1. The fourth-order valence-corrected chi connectivity index (χ4v) is 3.99. The number of aryl methyl sites for hydroxylation is 1. The van der Waals surface area contributed by atoms with Gasteiger partial charge in [-0.1, -0.05) is 13.8 Å². The minimum Gasteiger partial charge on any atom is -0.495 e. The topological polar surface area (TPSA) is 94.5 Å². The first-order valence-corrected chi connectivity index (χ1v) is 11.5. The van der Waals surface area contributed by atoms with Crippen molar-refractivity contribution in [3.8, 4) is 23.0 Å². The van der Waals surface area contributed by atoms with E-state index in [1.54, 1.807) is 23.1 Å². The van der Waals surface area contributed by atoms with Crippen molar-refractivity contribution in [2.24, 2.45) is 5.92 Å². The summed E-state index contributed by atoms with van der Waals surface area (Å²) in [5, 5.41) is 10.7. The highest BCUT2D eigenvalue weighted by molar-refractivity contribution is 5.96. The first kappa shape index (κ1) is 25.4. The summed E-state index contributed by atoms with van der Waals surface area (Å²) >= 11 is 0. The Hall–Kier alpha value is -3.26. The zero-order valence-corrected chi connectivity index (χ0v) is 20.6. The molecule has 1 heterocycles. The van der Waals surface area contributed by atoms with Crippen LogP contribution in [-0.2, 0) is 11.3 Å². The van der Waals surface area contributed by atoms with Crippen LogP contribution in [0.5, 0.6) is 23.0 Å². The van der Waals surface area contributed by atoms with E-state index >= 15 is 0 Å². The largest absolute Gasteiger partial charge is 0.495 e. The third-order valence-electron chi connectivity index (χ3n) is 5.68. The van der Waals surface area contributed by atoms with Crippen LogP contribution in [0.25, 0.3) is 0 Å². The van der Waals surface area contributed by atoms with Crippen molar-refractivity contribution >= 4 is 12.1 Å². The molecule has 0 radical (unpaired) electrons. The number of fused-ring (bicyclic) bond motifs is 2. The van der Waals surface area contributed by atoms with Gasteiger partial charge in [0.15, 0.2) is 11.5 Å². The van der Waals surface area contributed by atoms with E-state index in [4.69, 9.17) is 18.9 Å². The van der Waals surface area contributed by atoms with E-state index < -0.39 is 18.2 Å². The zero-order chi connectivity index (χ0) is 25.0. The highest BCUT2D eigenvalue weighted by Gasteiger charge is 2.30. The van der Waals surface area contributed by atoms with E-state index in [9.17, 15) is 14.7 Å². The van der Waals surface area contributed by atoms with E-state index in [1.165, 1.54) is 7.11 Å². The van der Waals surface area contributed by atoms with Crippen LogP contribution in [0.3, 0.4) is 0 Å². The van der Waals surface area contributed by atoms with Crippen LogP contribution in [-0.4, -0.2) is 42.3 Å². The highest BCUT2D eigenvalue weighted by atomic mass is 16.6. The molecule has 2 aromatic rings. The van der Waals surface area contributed by atoms with Gasteiger partial charge >= 0.3 is 12.1 Å². The van der Waals surface area contributed by atoms with E-state index in [1.807, 2.05) is 40.7 Å². The molecule has 0 fully saturated rings. The van der Waals surface area contributed by atoms with E-state index in [0.717, 1.165) is 5.56 Å². The SMILES string of the molecule is CCN(CC)C(=O)Oc1cc(C)cc2c1Oc1ccc([C@@H](O)CC(C)C)c(OC)c1C(=O)OC2. The van der Waals surface area contributed by atoms with Gasteiger partial charge in [0.1, 0.15) is 23.7 Å². The van der Waals surface area contributed by atoms with Crippen molar-refractivity contribution < 1.29 is 33.6 Å². The lowest BCUT2D eigenvalue weighted by molar-refractivity contribution is 0.0453. The zero-order valence-electron chi connectivity index (χ0n) is 20.6. The Morgan fingerprint density at radius 1 is 1.21 bits per heavy atom. The molecule has 34 heavy (non-hydrogen) atoms. The Bertz CT molecular complexity index is 1060. The van der Waals surface area contributed by atoms with Gasteiger partial charge in [-0.15, -0.1) is 0 Å². The number of hydrogen-bond donors (Lipinski definition) is 1. The Morgan fingerprint density at radius 3 is 2.53 bits per heavy atom. The Balaban J connectivity index is 2.10. The maximum atomic E-state index is 13.0. The molecule has 3 rings (SSSR count). The summed E-state index contributed by atoms with van der Waals surface area (Å²) in [6, 6.07) is 6.81. The molecule has 1 amide bonds. The molecule has 1 atom stereocenters. The summed E-state index contributed by atoms with van der Waals surface area (Å²) in [7, 11) is 1.43. The van der Waals surface area contributed by atoms with E-state index in [-0.39, 0.29) is 41.1 Å². The number of aliphatic hydroxyl groups excluding tert-OH is 1. The van der Waals surface area contributed by atoms with Crippen molar-refractivity contribution in [2.75, 3.05) is 20.2 Å². The minimum atomic E-state index is -0.820. The number of esters is 1. The Labute approximate surface area is 200 Å². The predicted octanol–water partition coefficient (Wildman–Crippen LogP) is 5.39. The van der Waals surface area contributed by atoms with Gasteiger partial charge in [-0.05, 0) is 62.9 Å². The molecular weight excluding hydrogens is 438 g/mol. The standard InChI is InChI=1S/C26H33NO7/c1-7-27(8-2)26(30)34-21-13-16(5)12-17-14-32-25(29)22-20(33-23(17)21)10-9-18(24(22)31-6)19(28)11-15(3)4/h9-10,12-13,15,19,28H,7-8,11,14H2,1-6H3/t19-/m0/s1. The summed E-state index contributed by atoms with van der Waals surface area (Å²) in [5.74, 6) is 0.527. The second kappa shape index (κ2) is 10.8. The van der Waals surface area contributed by atoms with Gasteiger partial charge in [-0.3, -0.25) is 0 Å². The normalized spacial score (nSPS) is 13.6. The first-order chi connectivity index (χ1) is 16.2. The number of hydrogen-bond acceptors (Lipinski definition) is 7. The fourth-order valence-electron chi connectivity index (χ4n) is 3.99. The molecule has 0 aromatic heterocycles. The molecule has 0 saturated heterocycles. The molecule has 2 aromatic carbocycles. The van der Waals surface area contributed by atoms with Gasteiger partial charge in [0.05, 0.1) is 13.2 Å². The number of carbonyl (C=O) groups is 2. The highest BCUT2D eigenvalue weighted by Crippen LogP contribution is 2.44. The summed E-state index contributed by atoms with van der Waals surface area (Å²) in [4.78, 5) is 27.2. The predicted molar refractivity (Wildman–Crippen MR) is 127 cm³/mol. The van der Waals surface area contributed by atoms with Crippen molar-refractivity contribution in [1.82, 2.24) is 4.90 Å². The summed E-state index contributed by atoms with van der Waals surface area (Å²) in [5.41, 5.74) is 1.96. The van der Waals surface area contributed by atoms with E-state index in [0.29, 0.717) is 30.6 Å². The van der Waals surface area contributed by atoms with Gasteiger partial charge in [0.2, 0.25) is 0 Å². The molecule has 1 aliphatic heterocycles. The van der Waals surface area contributed by atoms with Crippen molar-refractivity contribution in [1.29, 1.82) is 0 Å². The number of cyclic esters (lactones) is 1. The van der Waals surface area contributed by atoms with Crippen LogP contribution in [0.15, 0.2) is 24.3 Å². The van der Waals surface area contributed by atoms with Crippen LogP contribution in [0.2, 0.25) is 0 Å². The monoisotopic (exact) mass is 471 g/mol. The maximum absolute atomic E-state index is 13.0. The molecule has 0 saturated carbocycles. The average Bonchev–Trinajstić information content (AvgIpc) is 2.77. The number of aliphatic hydroxyl groups is 1. The third-order valence-corrected chi connectivity index (χ3v) is 5.68. The van der Waals surface area contributed by atoms with Gasteiger partial charge in [0.25, 0.3) is 0 Å². The summed E-state index contributed by atoms with van der Waals surface area (Å²) < 4.78 is 23.0. The molecule has 8 heteroatoms. The van der Waals surface area contributed by atoms with Gasteiger partial charge in [-0.2, -0.15) is 0 Å². The van der Waals surface area contributed by atoms with Crippen LogP contribution in [0.1, 0.15) is 67.3 Å². The number of ether oxygens (including phenoxy) is 4. The lowest BCUT2D eigenvalue weighted by atomic mass is 9.96. The Morgan fingerprint density at radius 2 is 1.91 bits per heavy atom. The lowest BCUT2D eigenvalue weighted by Crippen LogP contribution is -2.33. The first-order valence-electron chi connectivity index (χ1n) is 11.5. The second-order valence-electron chi connectivity index (χ2n) is 8.68. The molecular formula is C26H33NO7. The van der Waals surface area contributed by atoms with Crippen molar-refractivity contribution in [2.45, 2.75) is 53.8 Å². The minimum absolute atomic E-state index is 0.0764. The van der Waals surface area contributed by atoms with Crippen LogP contribution >= 0.6 is 0 Å². The third kappa shape index (κ3) is 5.28. The Kier molecular flexibility index (Phi) is 8.04. The van der Waals surface area contributed by atoms with Crippen LogP contribution in [0.4, 0.5) is 4.79 Å². The molecule has 0 unspecified atom stereocenters. The molecule has 0 aliphatic carbocycles. The number of carbonyl (C=O) groups excluding carboxylic acids is 2. The maximum Gasteiger partial charge on any atom is 0.415 e. The number of rotatable bonds is 7. The van der Waals surface area contributed by atoms with Crippen LogP contribution < -0.4 is 14.2 Å². The number of amides is 1. The molecule has 0 spiro atoms.